The van der Waals surface area contributed by atoms with Gasteiger partial charge >= 0.3 is 5.97 Å². The summed E-state index contributed by atoms with van der Waals surface area (Å²) in [6.07, 6.45) is 4.40. The molecule has 0 saturated heterocycles. The zero-order chi connectivity index (χ0) is 31.7. The molecule has 0 bridgehead atoms. The normalized spacial score (nSPS) is 23.1. The topological polar surface area (TPSA) is 123 Å². The van der Waals surface area contributed by atoms with Crippen LogP contribution in [0.25, 0.3) is 0 Å². The molecule has 0 aromatic heterocycles. The van der Waals surface area contributed by atoms with Crippen LogP contribution >= 0.6 is 11.6 Å². The highest BCUT2D eigenvalue weighted by atomic mass is 35.5. The number of amides is 1. The average Bonchev–Trinajstić information content (AvgIpc) is 3.12. The molecule has 0 radical (unpaired) electrons. The summed E-state index contributed by atoms with van der Waals surface area (Å²) in [5, 5.41) is 3.62. The summed E-state index contributed by atoms with van der Waals surface area (Å²) in [4.78, 5) is 27.6. The number of hydrogen-bond acceptors (Lipinski definition) is 9. The number of hydrogen-bond donors (Lipinski definition) is 2. The third kappa shape index (κ3) is 6.56. The number of aryl methyl sites for hydroxylation is 1. The van der Waals surface area contributed by atoms with Gasteiger partial charge in [-0.05, 0) is 100 Å². The number of rotatable bonds is 10. The Labute approximate surface area is 264 Å². The monoisotopic (exact) mass is 647 g/mol. The Morgan fingerprint density at radius 3 is 2.68 bits per heavy atom. The second-order valence-corrected chi connectivity index (χ2v) is 14.7. The third-order valence-electron chi connectivity index (χ3n) is 9.28. The minimum absolute atomic E-state index is 0.0502. The molecule has 0 unspecified atom stereocenters. The van der Waals surface area contributed by atoms with Crippen LogP contribution in [0.5, 0.6) is 5.75 Å². The molecule has 1 spiro atoms. The molecular formula is C32H42ClN3O7S. The van der Waals surface area contributed by atoms with Crippen molar-refractivity contribution in [2.24, 2.45) is 11.8 Å². The molecule has 1 heterocycles. The van der Waals surface area contributed by atoms with E-state index in [9.17, 15) is 18.0 Å². The van der Waals surface area contributed by atoms with Crippen molar-refractivity contribution in [3.63, 3.8) is 0 Å². The Balaban J connectivity index is 1.48. The van der Waals surface area contributed by atoms with E-state index in [-0.39, 0.29) is 34.7 Å². The number of sulfonamides is 1. The zero-order valence-electron chi connectivity index (χ0n) is 25.8. The van der Waals surface area contributed by atoms with Crippen LogP contribution in [-0.2, 0) is 40.9 Å². The lowest BCUT2D eigenvalue weighted by atomic mass is 9.69. The van der Waals surface area contributed by atoms with E-state index in [4.69, 9.17) is 25.8 Å². The molecule has 1 fully saturated rings. The number of methoxy groups -OCH3 is 1. The maximum absolute atomic E-state index is 13.5. The highest BCUT2D eigenvalue weighted by Crippen LogP contribution is 2.46. The molecule has 3 atom stereocenters. The molecule has 44 heavy (non-hydrogen) atoms. The van der Waals surface area contributed by atoms with Crippen molar-refractivity contribution in [1.82, 2.24) is 10.0 Å². The van der Waals surface area contributed by atoms with E-state index >= 15 is 0 Å². The van der Waals surface area contributed by atoms with E-state index in [1.54, 1.807) is 19.2 Å². The molecule has 2 aliphatic carbocycles. The Hall–Kier alpha value is -2.86. The quantitative estimate of drug-likeness (QED) is 0.293. The molecule has 2 aromatic carbocycles. The summed E-state index contributed by atoms with van der Waals surface area (Å²) in [5.41, 5.74) is 1.27. The summed E-state index contributed by atoms with van der Waals surface area (Å²) in [7, 11) is -1.07. The first kappa shape index (κ1) is 32.5. The summed E-state index contributed by atoms with van der Waals surface area (Å²) >= 11 is 6.37. The van der Waals surface area contributed by atoms with Crippen LogP contribution in [0.4, 0.5) is 5.69 Å². The first-order chi connectivity index (χ1) is 20.9. The standard InChI is InChI=1S/C32H42ClN3O7S/c1-31(2,43-15-14-34-3)30(38)35-44(39,40)24-9-12-28-27(17-24)36(18-22-7-10-25(22)29(37)41-4)19-32(20-42-28)13-5-6-21-16-23(33)8-11-26(21)32/h8-9,11-12,16-17,22,25,34H,5-7,10,13-15,18-20H2,1-4H3,(H,35,38)/t22-,25+,32-/m0/s1. The minimum atomic E-state index is -4.24. The minimum Gasteiger partial charge on any atom is -0.490 e. The number of halogens is 1. The predicted octanol–water partition coefficient (Wildman–Crippen LogP) is 3.83. The van der Waals surface area contributed by atoms with Crippen LogP contribution in [0.2, 0.25) is 5.02 Å². The fourth-order valence-corrected chi connectivity index (χ4v) is 7.89. The van der Waals surface area contributed by atoms with E-state index < -0.39 is 21.5 Å². The van der Waals surface area contributed by atoms with Crippen LogP contribution in [0.1, 0.15) is 50.7 Å². The van der Waals surface area contributed by atoms with E-state index in [1.807, 2.05) is 12.1 Å². The molecular weight excluding hydrogens is 606 g/mol. The molecule has 1 amide bonds. The van der Waals surface area contributed by atoms with E-state index in [2.05, 4.69) is 21.0 Å². The van der Waals surface area contributed by atoms with Gasteiger partial charge in [-0.25, -0.2) is 13.1 Å². The fourth-order valence-electron chi connectivity index (χ4n) is 6.57. The predicted molar refractivity (Wildman–Crippen MR) is 168 cm³/mol. The Morgan fingerprint density at radius 2 is 1.98 bits per heavy atom. The van der Waals surface area contributed by atoms with Gasteiger partial charge in [0, 0.05) is 30.1 Å². The summed E-state index contributed by atoms with van der Waals surface area (Å²) < 4.78 is 46.4. The van der Waals surface area contributed by atoms with Crippen molar-refractivity contribution in [3.05, 3.63) is 52.5 Å². The van der Waals surface area contributed by atoms with Crippen molar-refractivity contribution in [2.75, 3.05) is 51.9 Å². The number of anilines is 1. The lowest BCUT2D eigenvalue weighted by molar-refractivity contribution is -0.151. The van der Waals surface area contributed by atoms with Crippen molar-refractivity contribution in [1.29, 1.82) is 0 Å². The number of benzene rings is 2. The van der Waals surface area contributed by atoms with Crippen molar-refractivity contribution in [3.8, 4) is 5.75 Å². The molecule has 1 saturated carbocycles. The number of esters is 1. The number of nitrogens with one attached hydrogen (secondary N) is 2. The molecule has 12 heteroatoms. The van der Waals surface area contributed by atoms with Gasteiger partial charge in [-0.1, -0.05) is 17.7 Å². The summed E-state index contributed by atoms with van der Waals surface area (Å²) in [6, 6.07) is 10.7. The molecule has 2 aromatic rings. The van der Waals surface area contributed by atoms with Gasteiger partial charge in [0.2, 0.25) is 0 Å². The fraction of sp³-hybridized carbons (Fsp3) is 0.562. The summed E-state index contributed by atoms with van der Waals surface area (Å²) in [5.74, 6) is -0.591. The maximum atomic E-state index is 13.5. The smallest absolute Gasteiger partial charge is 0.309 e. The zero-order valence-corrected chi connectivity index (χ0v) is 27.4. The molecule has 10 nitrogen and oxygen atoms in total. The number of carbonyl (C=O) groups is 2. The van der Waals surface area contributed by atoms with Crippen LogP contribution in [0.3, 0.4) is 0 Å². The van der Waals surface area contributed by atoms with Crippen LogP contribution < -0.4 is 19.7 Å². The average molecular weight is 648 g/mol. The third-order valence-corrected chi connectivity index (χ3v) is 10.8. The second-order valence-electron chi connectivity index (χ2n) is 12.6. The van der Waals surface area contributed by atoms with Crippen molar-refractivity contribution in [2.45, 2.75) is 61.9 Å². The lowest BCUT2D eigenvalue weighted by Gasteiger charge is -2.43. The van der Waals surface area contributed by atoms with Crippen LogP contribution in [-0.4, -0.2) is 72.9 Å². The van der Waals surface area contributed by atoms with Gasteiger partial charge < -0.3 is 24.4 Å². The first-order valence-corrected chi connectivity index (χ1v) is 17.0. The molecule has 1 aliphatic heterocycles. The van der Waals surface area contributed by atoms with Gasteiger partial charge in [0.15, 0.2) is 0 Å². The van der Waals surface area contributed by atoms with Gasteiger partial charge in [0.1, 0.15) is 11.4 Å². The largest absolute Gasteiger partial charge is 0.490 e. The maximum Gasteiger partial charge on any atom is 0.309 e. The molecule has 240 valence electrons. The summed E-state index contributed by atoms with van der Waals surface area (Å²) in [6.45, 7) is 5.34. The van der Waals surface area contributed by atoms with E-state index in [0.717, 1.165) is 32.1 Å². The Kier molecular flexibility index (Phi) is 9.51. The SMILES string of the molecule is CNCCOC(C)(C)C(=O)NS(=O)(=O)c1ccc2c(c1)N(C[C@@H]1CC[C@H]1C(=O)OC)C[C@@]1(CCCc3cc(Cl)ccc31)CO2. The van der Waals surface area contributed by atoms with E-state index in [1.165, 1.54) is 38.2 Å². The molecule has 2 N–H and O–H groups in total. The number of ether oxygens (including phenoxy) is 3. The number of carbonyl (C=O) groups excluding carboxylic acids is 2. The van der Waals surface area contributed by atoms with Gasteiger partial charge in [0.25, 0.3) is 15.9 Å². The number of likely N-dealkylation sites (N-methyl/N-ethyl adjacent to an activating group) is 1. The van der Waals surface area contributed by atoms with Gasteiger partial charge in [-0.3, -0.25) is 9.59 Å². The van der Waals surface area contributed by atoms with Crippen molar-refractivity contribution >= 4 is 39.2 Å². The lowest BCUT2D eigenvalue weighted by Crippen LogP contribution is -2.49. The van der Waals surface area contributed by atoms with E-state index in [0.29, 0.717) is 42.7 Å². The highest BCUT2D eigenvalue weighted by Gasteiger charge is 2.45. The molecule has 5 rings (SSSR count). The Bertz CT molecular complexity index is 1520. The van der Waals surface area contributed by atoms with Crippen LogP contribution in [0, 0.1) is 11.8 Å². The van der Waals surface area contributed by atoms with Gasteiger partial charge in [-0.2, -0.15) is 0 Å². The van der Waals surface area contributed by atoms with Gasteiger partial charge in [-0.15, -0.1) is 0 Å². The molecule has 3 aliphatic rings. The first-order valence-electron chi connectivity index (χ1n) is 15.1. The number of nitrogens with zero attached hydrogens (tertiary/aromatic N) is 1. The van der Waals surface area contributed by atoms with Crippen molar-refractivity contribution < 1.29 is 32.2 Å². The number of fused-ring (bicyclic) bond motifs is 3. The van der Waals surface area contributed by atoms with Gasteiger partial charge in [0.05, 0.1) is 36.8 Å². The Morgan fingerprint density at radius 1 is 1.18 bits per heavy atom. The second kappa shape index (κ2) is 12.9. The highest BCUT2D eigenvalue weighted by molar-refractivity contribution is 7.90. The van der Waals surface area contributed by atoms with Crippen LogP contribution in [0.15, 0.2) is 41.3 Å².